The molecule has 1 atom stereocenters. The second kappa shape index (κ2) is 7.56. The van der Waals surface area contributed by atoms with Gasteiger partial charge < -0.3 is 10.6 Å². The summed E-state index contributed by atoms with van der Waals surface area (Å²) in [7, 11) is 1.53. The number of carbonyl (C=O) groups is 3. The first-order valence-electron chi connectivity index (χ1n) is 8.69. The lowest BCUT2D eigenvalue weighted by Gasteiger charge is -2.26. The van der Waals surface area contributed by atoms with E-state index in [2.05, 4.69) is 31.5 Å². The topological polar surface area (TPSA) is 124 Å². The van der Waals surface area contributed by atoms with Gasteiger partial charge in [0.25, 0.3) is 11.8 Å². The Bertz CT molecular complexity index is 813. The van der Waals surface area contributed by atoms with Gasteiger partial charge in [-0.3, -0.25) is 25.3 Å². The number of anilines is 1. The number of imide groups is 1. The van der Waals surface area contributed by atoms with Gasteiger partial charge >= 0.3 is 6.03 Å². The highest BCUT2D eigenvalue weighted by atomic mass is 16.2. The number of hydrogen-bond donors (Lipinski definition) is 4. The average molecular weight is 370 g/mol. The number of benzene rings is 1. The van der Waals surface area contributed by atoms with Crippen molar-refractivity contribution in [3.63, 3.8) is 0 Å². The van der Waals surface area contributed by atoms with E-state index in [9.17, 15) is 14.4 Å². The van der Waals surface area contributed by atoms with Crippen molar-refractivity contribution in [1.29, 1.82) is 0 Å². The Balaban J connectivity index is 1.68. The number of carbonyl (C=O) groups excluding carboxylic acids is 3. The standard InChI is InChI=1S/C18H22N6O3/c1-11-3-7-13(8-4-11)23-24-14(9-19-2)15(25)20-10-18(12-5-6-12)16(26)21-17(27)22-18/h3-4,7-9,12,23H,5-6,10H2,1-2H3,(H,20,25)(H2,21,22,26,27)/b19-9?,24-14+/t18-/m0/s1. The molecule has 0 bridgehead atoms. The Morgan fingerprint density at radius 2 is 2.00 bits per heavy atom. The van der Waals surface area contributed by atoms with E-state index in [1.807, 2.05) is 31.2 Å². The summed E-state index contributed by atoms with van der Waals surface area (Å²) in [6.45, 7) is 1.97. The summed E-state index contributed by atoms with van der Waals surface area (Å²) in [4.78, 5) is 40.1. The number of nitrogens with zero attached hydrogens (tertiary/aromatic N) is 2. The maximum Gasteiger partial charge on any atom is 0.322 e. The largest absolute Gasteiger partial charge is 0.348 e. The van der Waals surface area contributed by atoms with Crippen LogP contribution >= 0.6 is 0 Å². The minimum Gasteiger partial charge on any atom is -0.348 e. The van der Waals surface area contributed by atoms with Crippen LogP contribution in [0.5, 0.6) is 0 Å². The normalized spacial score (nSPS) is 22.5. The monoisotopic (exact) mass is 370 g/mol. The fourth-order valence-electron chi connectivity index (χ4n) is 2.96. The first-order valence-corrected chi connectivity index (χ1v) is 8.69. The molecule has 0 radical (unpaired) electrons. The van der Waals surface area contributed by atoms with Gasteiger partial charge in [-0.15, -0.1) is 0 Å². The highest BCUT2D eigenvalue weighted by Gasteiger charge is 2.56. The van der Waals surface area contributed by atoms with Crippen molar-refractivity contribution in [2.75, 3.05) is 19.0 Å². The summed E-state index contributed by atoms with van der Waals surface area (Å²) in [6.07, 6.45) is 2.99. The number of urea groups is 1. The maximum atomic E-state index is 12.5. The maximum absolute atomic E-state index is 12.5. The summed E-state index contributed by atoms with van der Waals surface area (Å²) in [5, 5.41) is 11.7. The number of rotatable bonds is 7. The lowest BCUT2D eigenvalue weighted by atomic mass is 9.93. The number of aryl methyl sites for hydroxylation is 1. The highest BCUT2D eigenvalue weighted by Crippen LogP contribution is 2.40. The molecule has 0 unspecified atom stereocenters. The van der Waals surface area contributed by atoms with Gasteiger partial charge in [0.05, 0.1) is 18.4 Å². The fourth-order valence-corrected chi connectivity index (χ4v) is 2.96. The van der Waals surface area contributed by atoms with Crippen LogP contribution in [0.3, 0.4) is 0 Å². The van der Waals surface area contributed by atoms with Crippen LogP contribution in [0.25, 0.3) is 0 Å². The molecule has 1 saturated heterocycles. The summed E-state index contributed by atoms with van der Waals surface area (Å²) in [5.74, 6) is -0.875. The predicted octanol–water partition coefficient (Wildman–Crippen LogP) is 0.568. The molecule has 2 fully saturated rings. The van der Waals surface area contributed by atoms with Crippen molar-refractivity contribution in [2.24, 2.45) is 16.0 Å². The van der Waals surface area contributed by atoms with Gasteiger partial charge in [-0.2, -0.15) is 5.10 Å². The first-order chi connectivity index (χ1) is 12.9. The van der Waals surface area contributed by atoms with Gasteiger partial charge in [0.15, 0.2) is 5.71 Å². The van der Waals surface area contributed by atoms with Crippen LogP contribution in [0.2, 0.25) is 0 Å². The minimum atomic E-state index is -1.09. The predicted molar refractivity (Wildman–Crippen MR) is 102 cm³/mol. The average Bonchev–Trinajstić information content (AvgIpc) is 3.44. The highest BCUT2D eigenvalue weighted by molar-refractivity contribution is 6.60. The summed E-state index contributed by atoms with van der Waals surface area (Å²) in [5.41, 5.74) is 3.62. The zero-order valence-corrected chi connectivity index (χ0v) is 15.2. The second-order valence-electron chi connectivity index (χ2n) is 6.70. The molecule has 142 valence electrons. The van der Waals surface area contributed by atoms with Crippen LogP contribution in [-0.2, 0) is 9.59 Å². The summed E-state index contributed by atoms with van der Waals surface area (Å²) < 4.78 is 0. The van der Waals surface area contributed by atoms with E-state index < -0.39 is 23.4 Å². The van der Waals surface area contributed by atoms with Gasteiger partial charge in [-0.05, 0) is 37.8 Å². The Kier molecular flexibility index (Phi) is 5.20. The molecule has 27 heavy (non-hydrogen) atoms. The van der Waals surface area contributed by atoms with Crippen molar-refractivity contribution < 1.29 is 14.4 Å². The molecule has 1 aromatic carbocycles. The van der Waals surface area contributed by atoms with Crippen molar-refractivity contribution in [3.8, 4) is 0 Å². The van der Waals surface area contributed by atoms with Crippen LogP contribution in [0, 0.1) is 12.8 Å². The Labute approximate surface area is 156 Å². The molecule has 1 aliphatic heterocycles. The lowest BCUT2D eigenvalue weighted by Crippen LogP contribution is -2.57. The quantitative estimate of drug-likeness (QED) is 0.318. The van der Waals surface area contributed by atoms with Crippen molar-refractivity contribution >= 4 is 35.5 Å². The molecule has 1 aliphatic carbocycles. The second-order valence-corrected chi connectivity index (χ2v) is 6.70. The third kappa shape index (κ3) is 4.13. The van der Waals surface area contributed by atoms with Crippen LogP contribution < -0.4 is 21.4 Å². The van der Waals surface area contributed by atoms with Crippen molar-refractivity contribution in [2.45, 2.75) is 25.3 Å². The molecule has 1 aromatic rings. The van der Waals surface area contributed by atoms with E-state index in [1.54, 1.807) is 0 Å². The summed E-state index contributed by atoms with van der Waals surface area (Å²) >= 11 is 0. The SMILES string of the molecule is CN=C/C(=N\Nc1ccc(C)cc1)C(=O)NC[C@@]1(C2CC2)NC(=O)NC1=O. The van der Waals surface area contributed by atoms with Crippen molar-refractivity contribution in [3.05, 3.63) is 29.8 Å². The molecule has 2 aliphatic rings. The Morgan fingerprint density at radius 1 is 1.30 bits per heavy atom. The first kappa shape index (κ1) is 18.6. The smallest absolute Gasteiger partial charge is 0.322 e. The molecule has 4 N–H and O–H groups in total. The molecule has 1 saturated carbocycles. The van der Waals surface area contributed by atoms with Gasteiger partial charge in [0, 0.05) is 7.05 Å². The van der Waals surface area contributed by atoms with E-state index in [4.69, 9.17) is 0 Å². The third-order valence-electron chi connectivity index (χ3n) is 4.61. The molecule has 4 amide bonds. The zero-order valence-electron chi connectivity index (χ0n) is 15.2. The lowest BCUT2D eigenvalue weighted by molar-refractivity contribution is -0.125. The fraction of sp³-hybridized carbons (Fsp3) is 0.389. The molecule has 1 heterocycles. The molecule has 0 aromatic heterocycles. The van der Waals surface area contributed by atoms with Crippen molar-refractivity contribution in [1.82, 2.24) is 16.0 Å². The molecule has 0 spiro atoms. The number of hydrazone groups is 1. The molecular formula is C18H22N6O3. The van der Waals surface area contributed by atoms with Gasteiger partial charge in [-0.1, -0.05) is 17.7 Å². The Hall–Kier alpha value is -3.23. The van der Waals surface area contributed by atoms with E-state index in [1.165, 1.54) is 13.3 Å². The van der Waals surface area contributed by atoms with Crippen LogP contribution in [0.4, 0.5) is 10.5 Å². The van der Waals surface area contributed by atoms with E-state index in [0.29, 0.717) is 0 Å². The number of amides is 4. The van der Waals surface area contributed by atoms with E-state index >= 15 is 0 Å². The van der Waals surface area contributed by atoms with Crippen LogP contribution in [0.1, 0.15) is 18.4 Å². The number of aliphatic imine (C=N–C) groups is 1. The van der Waals surface area contributed by atoms with Gasteiger partial charge in [0.1, 0.15) is 5.54 Å². The van der Waals surface area contributed by atoms with E-state index in [-0.39, 0.29) is 18.2 Å². The van der Waals surface area contributed by atoms with Gasteiger partial charge in [-0.25, -0.2) is 4.79 Å². The molecule has 3 rings (SSSR count). The number of nitrogens with one attached hydrogen (secondary N) is 4. The molecule has 9 nitrogen and oxygen atoms in total. The zero-order chi connectivity index (χ0) is 19.4. The minimum absolute atomic E-state index is 0.00478. The molecule has 9 heteroatoms. The Morgan fingerprint density at radius 3 is 2.56 bits per heavy atom. The summed E-state index contributed by atoms with van der Waals surface area (Å²) in [6, 6.07) is 7.00. The molecular weight excluding hydrogens is 348 g/mol. The van der Waals surface area contributed by atoms with Crippen LogP contribution in [0.15, 0.2) is 34.4 Å². The number of hydrogen-bond acceptors (Lipinski definition) is 6. The van der Waals surface area contributed by atoms with Gasteiger partial charge in [0.2, 0.25) is 0 Å². The van der Waals surface area contributed by atoms with Crippen LogP contribution in [-0.4, -0.2) is 48.9 Å². The van der Waals surface area contributed by atoms with E-state index in [0.717, 1.165) is 24.1 Å². The third-order valence-corrected chi connectivity index (χ3v) is 4.61.